The zero-order valence-corrected chi connectivity index (χ0v) is 61.1. The van der Waals surface area contributed by atoms with Gasteiger partial charge in [-0.25, -0.2) is 9.13 Å². The fourth-order valence-corrected chi connectivity index (χ4v) is 12.4. The molecule has 0 aliphatic rings. The summed E-state index contributed by atoms with van der Waals surface area (Å²) in [6.07, 6.45) is 47.5. The predicted molar refractivity (Wildman–Crippen MR) is 368 cm³/mol. The average molecular weight is 1340 g/mol. The summed E-state index contributed by atoms with van der Waals surface area (Å²) in [6.45, 7) is 11.7. The Balaban J connectivity index is 5.19. The van der Waals surface area contributed by atoms with Crippen LogP contribution in [0.3, 0.4) is 0 Å². The molecular formula is C72H140O17P2. The van der Waals surface area contributed by atoms with E-state index in [1.165, 1.54) is 167 Å². The van der Waals surface area contributed by atoms with Gasteiger partial charge in [0.1, 0.15) is 19.3 Å². The topological polar surface area (TPSA) is 237 Å². The van der Waals surface area contributed by atoms with Gasteiger partial charge in [0.05, 0.1) is 26.4 Å². The van der Waals surface area contributed by atoms with E-state index < -0.39 is 97.5 Å². The number of carbonyl (C=O) groups is 4. The van der Waals surface area contributed by atoms with Crippen LogP contribution in [-0.2, 0) is 65.4 Å². The van der Waals surface area contributed by atoms with Crippen molar-refractivity contribution in [1.29, 1.82) is 0 Å². The summed E-state index contributed by atoms with van der Waals surface area (Å²) >= 11 is 0. The molecule has 0 heterocycles. The van der Waals surface area contributed by atoms with Crippen LogP contribution >= 0.6 is 15.6 Å². The number of carbonyl (C=O) groups excluding carboxylic acids is 4. The fourth-order valence-electron chi connectivity index (χ4n) is 10.8. The van der Waals surface area contributed by atoms with E-state index in [2.05, 4.69) is 48.5 Å². The highest BCUT2D eigenvalue weighted by Crippen LogP contribution is 2.45. The van der Waals surface area contributed by atoms with Crippen LogP contribution in [0.4, 0.5) is 0 Å². The van der Waals surface area contributed by atoms with Crippen molar-refractivity contribution in [3.8, 4) is 0 Å². The Morgan fingerprint density at radius 3 is 0.835 bits per heavy atom. The maximum absolute atomic E-state index is 13.0. The van der Waals surface area contributed by atoms with E-state index >= 15 is 0 Å². The van der Waals surface area contributed by atoms with Gasteiger partial charge in [0.2, 0.25) is 0 Å². The molecule has 0 saturated carbocycles. The molecule has 0 aromatic rings. The largest absolute Gasteiger partial charge is 0.472 e. The smallest absolute Gasteiger partial charge is 0.462 e. The van der Waals surface area contributed by atoms with Gasteiger partial charge in [-0.15, -0.1) is 0 Å². The second-order valence-electron chi connectivity index (χ2n) is 26.9. The highest BCUT2D eigenvalue weighted by atomic mass is 31.2. The zero-order chi connectivity index (χ0) is 67.3. The van der Waals surface area contributed by atoms with Crippen LogP contribution in [0.2, 0.25) is 0 Å². The van der Waals surface area contributed by atoms with Gasteiger partial charge < -0.3 is 33.8 Å². The summed E-state index contributed by atoms with van der Waals surface area (Å²) in [5, 5.41) is 10.6. The predicted octanol–water partition coefficient (Wildman–Crippen LogP) is 20.6. The lowest BCUT2D eigenvalue weighted by molar-refractivity contribution is -0.161. The van der Waals surface area contributed by atoms with Gasteiger partial charge in [0.25, 0.3) is 0 Å². The molecule has 0 radical (unpaired) electrons. The van der Waals surface area contributed by atoms with E-state index in [0.29, 0.717) is 25.7 Å². The molecule has 91 heavy (non-hydrogen) atoms. The van der Waals surface area contributed by atoms with Crippen molar-refractivity contribution in [2.75, 3.05) is 39.6 Å². The van der Waals surface area contributed by atoms with Crippen LogP contribution in [0.1, 0.15) is 363 Å². The molecule has 0 fully saturated rings. The Labute approximate surface area is 556 Å². The van der Waals surface area contributed by atoms with Gasteiger partial charge in [-0.05, 0) is 43.4 Å². The molecular weight excluding hydrogens is 1200 g/mol. The molecule has 7 atom stereocenters. The third-order valence-corrected chi connectivity index (χ3v) is 19.3. The maximum atomic E-state index is 13.0. The minimum Gasteiger partial charge on any atom is -0.462 e. The summed E-state index contributed by atoms with van der Waals surface area (Å²) < 4.78 is 68.3. The number of hydrogen-bond donors (Lipinski definition) is 3. The standard InChI is InChI=1S/C72H140O17P2/c1-8-11-12-13-14-15-16-17-18-19-20-21-22-23-24-25-26-31-41-48-55-71(76)88-67(59-82-69(74)53-46-39-30-28-27-29-36-43-50-63(4)5)61-86-90(78,79)84-57-66(73)58-85-91(80,81)87-62-68(89-72(77)56-49-42-35-33-38-45-52-65(7)10-3)60-83-70(75)54-47-40-34-32-37-44-51-64(6)9-2/h63-68,73H,8-62H2,1-7H3,(H,78,79)(H,80,81)/t64?,65?,66-,67-,68-/m1/s1. The van der Waals surface area contributed by atoms with Gasteiger partial charge in [0.15, 0.2) is 12.2 Å². The molecule has 17 nitrogen and oxygen atoms in total. The first-order valence-electron chi connectivity index (χ1n) is 37.4. The lowest BCUT2D eigenvalue weighted by Gasteiger charge is -2.21. The Kier molecular flexibility index (Phi) is 61.5. The van der Waals surface area contributed by atoms with Crippen molar-refractivity contribution in [2.45, 2.75) is 381 Å². The highest BCUT2D eigenvalue weighted by Gasteiger charge is 2.30. The van der Waals surface area contributed by atoms with Gasteiger partial charge in [-0.1, -0.05) is 312 Å². The molecule has 540 valence electrons. The summed E-state index contributed by atoms with van der Waals surface area (Å²) in [6, 6.07) is 0. The summed E-state index contributed by atoms with van der Waals surface area (Å²) in [4.78, 5) is 72.5. The van der Waals surface area contributed by atoms with Crippen LogP contribution in [0.15, 0.2) is 0 Å². The third kappa shape index (κ3) is 63.9. The molecule has 0 amide bonds. The quantitative estimate of drug-likeness (QED) is 0.0222. The van der Waals surface area contributed by atoms with E-state index in [9.17, 15) is 43.2 Å². The number of hydrogen-bond acceptors (Lipinski definition) is 15. The highest BCUT2D eigenvalue weighted by molar-refractivity contribution is 7.47. The number of ether oxygens (including phenoxy) is 4. The van der Waals surface area contributed by atoms with E-state index in [1.807, 2.05) is 0 Å². The van der Waals surface area contributed by atoms with Crippen molar-refractivity contribution in [1.82, 2.24) is 0 Å². The molecule has 0 aliphatic heterocycles. The minimum absolute atomic E-state index is 0.102. The molecule has 0 aliphatic carbocycles. The molecule has 19 heteroatoms. The maximum Gasteiger partial charge on any atom is 0.472 e. The Hall–Kier alpha value is -1.94. The molecule has 0 spiro atoms. The second kappa shape index (κ2) is 62.8. The summed E-state index contributed by atoms with van der Waals surface area (Å²) in [5.74, 6) is 0.0473. The number of rotatable bonds is 70. The van der Waals surface area contributed by atoms with E-state index in [1.54, 1.807) is 0 Å². The van der Waals surface area contributed by atoms with Crippen LogP contribution < -0.4 is 0 Å². The molecule has 0 rings (SSSR count). The molecule has 0 aromatic heterocycles. The molecule has 3 N–H and O–H groups in total. The minimum atomic E-state index is -4.95. The summed E-state index contributed by atoms with van der Waals surface area (Å²) in [7, 11) is -9.90. The number of phosphoric acid groups is 2. The zero-order valence-electron chi connectivity index (χ0n) is 59.3. The number of aliphatic hydroxyl groups excluding tert-OH is 1. The van der Waals surface area contributed by atoms with Gasteiger partial charge in [-0.3, -0.25) is 37.3 Å². The van der Waals surface area contributed by atoms with Crippen molar-refractivity contribution in [2.24, 2.45) is 17.8 Å². The average Bonchev–Trinajstić information content (AvgIpc) is 3.70. The Morgan fingerprint density at radius 1 is 0.319 bits per heavy atom. The van der Waals surface area contributed by atoms with Crippen molar-refractivity contribution >= 4 is 39.5 Å². The molecule has 4 unspecified atom stereocenters. The van der Waals surface area contributed by atoms with Gasteiger partial charge >= 0.3 is 39.5 Å². The number of unbranched alkanes of at least 4 members (excludes halogenated alkanes) is 36. The van der Waals surface area contributed by atoms with E-state index in [-0.39, 0.29) is 25.7 Å². The van der Waals surface area contributed by atoms with Crippen LogP contribution in [0, 0.1) is 17.8 Å². The van der Waals surface area contributed by atoms with Gasteiger partial charge in [0, 0.05) is 25.7 Å². The normalized spacial score (nSPS) is 14.8. The van der Waals surface area contributed by atoms with Crippen molar-refractivity contribution < 1.29 is 80.2 Å². The Morgan fingerprint density at radius 2 is 0.560 bits per heavy atom. The van der Waals surface area contributed by atoms with Crippen LogP contribution in [0.25, 0.3) is 0 Å². The molecule has 0 aromatic carbocycles. The first kappa shape index (κ1) is 89.1. The lowest BCUT2D eigenvalue weighted by atomic mass is 10.00. The van der Waals surface area contributed by atoms with Crippen LogP contribution in [0.5, 0.6) is 0 Å². The first-order valence-corrected chi connectivity index (χ1v) is 40.4. The lowest BCUT2D eigenvalue weighted by Crippen LogP contribution is -2.30. The third-order valence-electron chi connectivity index (χ3n) is 17.4. The molecule has 0 bridgehead atoms. The SMILES string of the molecule is CCCCCCCCCCCCCCCCCCCCCCC(=O)O[C@H](COC(=O)CCCCCCCCCCC(C)C)COP(=O)(O)OC[C@@H](O)COP(=O)(O)OC[C@@H](COC(=O)CCCCCCCCC(C)CC)OC(=O)CCCCCCCCC(C)CC. The number of aliphatic hydroxyl groups is 1. The number of phosphoric ester groups is 2. The van der Waals surface area contributed by atoms with E-state index in [0.717, 1.165) is 114 Å². The van der Waals surface area contributed by atoms with E-state index in [4.69, 9.17) is 37.0 Å². The fraction of sp³-hybridized carbons (Fsp3) is 0.944. The van der Waals surface area contributed by atoms with Gasteiger partial charge in [-0.2, -0.15) is 0 Å². The van der Waals surface area contributed by atoms with Crippen molar-refractivity contribution in [3.05, 3.63) is 0 Å². The number of esters is 4. The monoisotopic (exact) mass is 1340 g/mol. The molecule has 0 saturated heterocycles. The van der Waals surface area contributed by atoms with Crippen LogP contribution in [-0.4, -0.2) is 96.7 Å². The first-order chi connectivity index (χ1) is 43.8. The summed E-state index contributed by atoms with van der Waals surface area (Å²) in [5.41, 5.74) is 0. The van der Waals surface area contributed by atoms with Crippen molar-refractivity contribution in [3.63, 3.8) is 0 Å². The second-order valence-corrected chi connectivity index (χ2v) is 29.8. The Bertz CT molecular complexity index is 1790.